The van der Waals surface area contributed by atoms with Crippen molar-refractivity contribution in [2.45, 2.75) is 11.4 Å². The van der Waals surface area contributed by atoms with Crippen molar-refractivity contribution < 1.29 is 34.6 Å². The van der Waals surface area contributed by atoms with Gasteiger partial charge in [0.25, 0.3) is 0 Å². The number of carboxylic acid groups (broad SMARTS) is 2. The maximum absolute atomic E-state index is 11.4. The van der Waals surface area contributed by atoms with E-state index in [9.17, 15) is 19.8 Å². The van der Waals surface area contributed by atoms with Crippen LogP contribution in [0.2, 0.25) is 0 Å². The zero-order chi connectivity index (χ0) is 15.6. The van der Waals surface area contributed by atoms with E-state index in [0.717, 1.165) is 0 Å². The SMILES string of the molecule is COc1ccc([C@H]2[NH2+][C@H](C(=O)[O-])CS2)c(C(=O)[O-])c1OC. The van der Waals surface area contributed by atoms with Crippen LogP contribution in [-0.4, -0.2) is 38.0 Å². The van der Waals surface area contributed by atoms with Gasteiger partial charge in [0, 0.05) is 5.56 Å². The van der Waals surface area contributed by atoms with E-state index in [0.29, 0.717) is 11.3 Å². The maximum atomic E-state index is 11.4. The Kier molecular flexibility index (Phi) is 4.59. The first kappa shape index (κ1) is 15.5. The number of rotatable bonds is 5. The third kappa shape index (κ3) is 2.91. The Morgan fingerprint density at radius 2 is 2.00 bits per heavy atom. The standard InChI is InChI=1S/C13H15NO6S/c1-19-8-4-3-6(9(13(17)18)10(8)20-2)11-14-7(5-21-11)12(15)16/h3-4,7,11,14H,5H2,1-2H3,(H,15,16)(H,17,18)/p-1/t7-,11-/m0/s1. The van der Waals surface area contributed by atoms with E-state index in [4.69, 9.17) is 9.47 Å². The Balaban J connectivity index is 2.45. The van der Waals surface area contributed by atoms with Gasteiger partial charge in [0.15, 0.2) is 16.9 Å². The average Bonchev–Trinajstić information content (AvgIpc) is 2.95. The Labute approximate surface area is 125 Å². The molecule has 1 fully saturated rings. The van der Waals surface area contributed by atoms with Crippen molar-refractivity contribution >= 4 is 23.7 Å². The number of ether oxygens (including phenoxy) is 2. The van der Waals surface area contributed by atoms with E-state index in [2.05, 4.69) is 0 Å². The number of thioether (sulfide) groups is 1. The number of benzene rings is 1. The summed E-state index contributed by atoms with van der Waals surface area (Å²) in [5.41, 5.74) is 0.311. The second kappa shape index (κ2) is 6.23. The molecule has 0 bridgehead atoms. The zero-order valence-electron chi connectivity index (χ0n) is 11.5. The van der Waals surface area contributed by atoms with E-state index in [1.165, 1.54) is 26.0 Å². The molecule has 7 nitrogen and oxygen atoms in total. The number of hydrogen-bond acceptors (Lipinski definition) is 7. The molecule has 1 aromatic carbocycles. The molecular formula is C13H14NO6S-. The molecule has 0 aliphatic carbocycles. The van der Waals surface area contributed by atoms with Crippen LogP contribution in [-0.2, 0) is 4.79 Å². The van der Waals surface area contributed by atoms with Crippen molar-refractivity contribution in [1.29, 1.82) is 0 Å². The topological polar surface area (TPSA) is 115 Å². The molecule has 1 aromatic rings. The van der Waals surface area contributed by atoms with Crippen LogP contribution in [0.5, 0.6) is 11.5 Å². The van der Waals surface area contributed by atoms with Crippen molar-refractivity contribution in [3.63, 3.8) is 0 Å². The summed E-state index contributed by atoms with van der Waals surface area (Å²) in [6.45, 7) is 0. The van der Waals surface area contributed by atoms with Crippen LogP contribution < -0.4 is 25.0 Å². The van der Waals surface area contributed by atoms with Gasteiger partial charge in [-0.15, -0.1) is 0 Å². The molecule has 1 aliphatic rings. The highest BCUT2D eigenvalue weighted by atomic mass is 32.2. The number of quaternary nitrogens is 1. The fourth-order valence-electron chi connectivity index (χ4n) is 2.26. The molecule has 2 rings (SSSR count). The lowest BCUT2D eigenvalue weighted by Gasteiger charge is -2.19. The lowest BCUT2D eigenvalue weighted by atomic mass is 10.0. The second-order valence-corrected chi connectivity index (χ2v) is 5.60. The van der Waals surface area contributed by atoms with Gasteiger partial charge in [-0.1, -0.05) is 11.8 Å². The van der Waals surface area contributed by atoms with Crippen LogP contribution >= 0.6 is 11.8 Å². The van der Waals surface area contributed by atoms with Gasteiger partial charge in [-0.2, -0.15) is 0 Å². The number of hydrogen-bond donors (Lipinski definition) is 1. The first-order chi connectivity index (χ1) is 9.99. The molecule has 0 radical (unpaired) electrons. The molecule has 21 heavy (non-hydrogen) atoms. The van der Waals surface area contributed by atoms with Crippen LogP contribution in [0, 0.1) is 0 Å². The number of aliphatic carboxylic acids is 1. The molecule has 1 aliphatic heterocycles. The van der Waals surface area contributed by atoms with Gasteiger partial charge < -0.3 is 34.6 Å². The van der Waals surface area contributed by atoms with Crippen LogP contribution in [0.3, 0.4) is 0 Å². The largest absolute Gasteiger partial charge is 0.545 e. The van der Waals surface area contributed by atoms with E-state index in [-0.39, 0.29) is 22.4 Å². The van der Waals surface area contributed by atoms with Gasteiger partial charge in [-0.3, -0.25) is 0 Å². The third-order valence-electron chi connectivity index (χ3n) is 3.25. The summed E-state index contributed by atoms with van der Waals surface area (Å²) in [6, 6.07) is 2.46. The summed E-state index contributed by atoms with van der Waals surface area (Å²) in [7, 11) is 2.74. The highest BCUT2D eigenvalue weighted by Gasteiger charge is 2.34. The molecule has 1 heterocycles. The van der Waals surface area contributed by atoms with Gasteiger partial charge in [0.2, 0.25) is 0 Å². The molecule has 2 atom stereocenters. The summed E-state index contributed by atoms with van der Waals surface area (Å²) in [4.78, 5) is 22.3. The predicted octanol–water partition coefficient (Wildman–Crippen LogP) is -2.51. The second-order valence-electron chi connectivity index (χ2n) is 4.42. The molecule has 2 N–H and O–H groups in total. The normalized spacial score (nSPS) is 21.0. The summed E-state index contributed by atoms with van der Waals surface area (Å²) in [6.07, 6.45) is 0. The number of carbonyl (C=O) groups excluding carboxylic acids is 2. The molecule has 1 saturated heterocycles. The molecule has 8 heteroatoms. The summed E-state index contributed by atoms with van der Waals surface area (Å²) < 4.78 is 10.2. The minimum absolute atomic E-state index is 0.0703. The van der Waals surface area contributed by atoms with Gasteiger partial charge in [0.1, 0.15) is 12.0 Å². The number of carboxylic acids is 2. The quantitative estimate of drug-likeness (QED) is 0.638. The third-order valence-corrected chi connectivity index (χ3v) is 4.58. The van der Waals surface area contributed by atoms with E-state index < -0.39 is 18.0 Å². The van der Waals surface area contributed by atoms with Gasteiger partial charge in [0.05, 0.1) is 31.5 Å². The average molecular weight is 312 g/mol. The molecular weight excluding hydrogens is 298 g/mol. The zero-order valence-corrected chi connectivity index (χ0v) is 12.3. The van der Waals surface area contributed by atoms with Crippen LogP contribution in [0.4, 0.5) is 0 Å². The summed E-state index contributed by atoms with van der Waals surface area (Å²) in [5.74, 6) is -1.87. The lowest BCUT2D eigenvalue weighted by Crippen LogP contribution is -2.90. The first-order valence-corrected chi connectivity index (χ1v) is 7.18. The molecule has 0 spiro atoms. The summed E-state index contributed by atoms with van der Waals surface area (Å²) >= 11 is 1.33. The highest BCUT2D eigenvalue weighted by molar-refractivity contribution is 7.99. The minimum atomic E-state index is -1.40. The van der Waals surface area contributed by atoms with E-state index in [1.54, 1.807) is 17.4 Å². The predicted molar refractivity (Wildman–Crippen MR) is 69.8 cm³/mol. The number of carbonyl (C=O) groups is 2. The monoisotopic (exact) mass is 312 g/mol. The molecule has 0 amide bonds. The lowest BCUT2D eigenvalue weighted by molar-refractivity contribution is -0.690. The van der Waals surface area contributed by atoms with E-state index in [1.807, 2.05) is 0 Å². The van der Waals surface area contributed by atoms with Crippen molar-refractivity contribution in [2.75, 3.05) is 20.0 Å². The fourth-order valence-corrected chi connectivity index (χ4v) is 3.60. The fraction of sp³-hybridized carbons (Fsp3) is 0.385. The van der Waals surface area contributed by atoms with Crippen LogP contribution in [0.25, 0.3) is 0 Å². The highest BCUT2D eigenvalue weighted by Crippen LogP contribution is 2.38. The van der Waals surface area contributed by atoms with Gasteiger partial charge >= 0.3 is 0 Å². The Morgan fingerprint density at radius 1 is 1.29 bits per heavy atom. The van der Waals surface area contributed by atoms with Crippen LogP contribution in [0.1, 0.15) is 21.3 Å². The first-order valence-electron chi connectivity index (χ1n) is 6.13. The van der Waals surface area contributed by atoms with Crippen molar-refractivity contribution in [1.82, 2.24) is 0 Å². The Bertz CT molecular complexity index is 576. The maximum Gasteiger partial charge on any atom is 0.170 e. The Morgan fingerprint density at radius 3 is 2.48 bits per heavy atom. The number of methoxy groups -OCH3 is 2. The number of nitrogens with two attached hydrogens (primary N) is 1. The van der Waals surface area contributed by atoms with Gasteiger partial charge in [-0.25, -0.2) is 0 Å². The van der Waals surface area contributed by atoms with Crippen molar-refractivity contribution in [3.05, 3.63) is 23.3 Å². The van der Waals surface area contributed by atoms with Crippen molar-refractivity contribution in [2.24, 2.45) is 0 Å². The van der Waals surface area contributed by atoms with E-state index >= 15 is 0 Å². The molecule has 0 unspecified atom stereocenters. The minimum Gasteiger partial charge on any atom is -0.545 e. The summed E-state index contributed by atoms with van der Waals surface area (Å²) in [5, 5.41) is 23.5. The molecule has 0 aromatic heterocycles. The molecule has 114 valence electrons. The number of aromatic carboxylic acids is 1. The Hall–Kier alpha value is -1.93. The molecule has 0 saturated carbocycles. The van der Waals surface area contributed by atoms with Crippen molar-refractivity contribution in [3.8, 4) is 11.5 Å². The smallest absolute Gasteiger partial charge is 0.170 e. The van der Waals surface area contributed by atoms with Gasteiger partial charge in [-0.05, 0) is 12.1 Å². The van der Waals surface area contributed by atoms with Crippen LogP contribution in [0.15, 0.2) is 12.1 Å².